The van der Waals surface area contributed by atoms with Gasteiger partial charge in [-0.1, -0.05) is 30.7 Å². The van der Waals surface area contributed by atoms with Crippen LogP contribution < -0.4 is 5.32 Å². The minimum atomic E-state index is -3.66. The zero-order valence-electron chi connectivity index (χ0n) is 16.4. The van der Waals surface area contributed by atoms with Gasteiger partial charge in [0.2, 0.25) is 10.0 Å². The van der Waals surface area contributed by atoms with E-state index < -0.39 is 14.9 Å². The summed E-state index contributed by atoms with van der Waals surface area (Å²) < 4.78 is 27.4. The third kappa shape index (κ3) is 4.97. The number of halogens is 1. The smallest absolute Gasteiger partial charge is 0.271 e. The molecule has 1 saturated heterocycles. The molecular weight excluding hydrogens is 430 g/mol. The first-order chi connectivity index (χ1) is 14.2. The number of Topliss-reactive ketones (excluding diaryl/α,β-unsaturated/α-hetero) is 1. The Morgan fingerprint density at radius 1 is 1.30 bits per heavy atom. The molecule has 0 aliphatic carbocycles. The van der Waals surface area contributed by atoms with E-state index in [0.29, 0.717) is 24.7 Å². The maximum atomic E-state index is 12.9. The van der Waals surface area contributed by atoms with Crippen molar-refractivity contribution in [3.8, 4) is 0 Å². The van der Waals surface area contributed by atoms with E-state index in [1.807, 2.05) is 6.92 Å². The van der Waals surface area contributed by atoms with E-state index in [1.54, 1.807) is 12.1 Å². The van der Waals surface area contributed by atoms with Crippen LogP contribution in [0.5, 0.6) is 0 Å². The van der Waals surface area contributed by atoms with Gasteiger partial charge in [-0.3, -0.25) is 14.9 Å². The van der Waals surface area contributed by atoms with Crippen LogP contribution in [0.15, 0.2) is 47.4 Å². The highest BCUT2D eigenvalue weighted by atomic mass is 35.5. The number of hydrogen-bond acceptors (Lipinski definition) is 6. The molecule has 0 bridgehead atoms. The minimum absolute atomic E-state index is 0.0934. The number of nitrogens with one attached hydrogen (secondary N) is 1. The monoisotopic (exact) mass is 451 g/mol. The average molecular weight is 452 g/mol. The molecule has 0 radical (unpaired) electrons. The third-order valence-corrected chi connectivity index (χ3v) is 7.19. The summed E-state index contributed by atoms with van der Waals surface area (Å²) in [6.45, 7) is 2.84. The second-order valence-electron chi connectivity index (χ2n) is 7.34. The number of nitrogens with zero attached hydrogens (tertiary/aromatic N) is 2. The molecule has 0 saturated carbocycles. The number of piperidine rings is 1. The van der Waals surface area contributed by atoms with Gasteiger partial charge < -0.3 is 5.32 Å². The zero-order valence-corrected chi connectivity index (χ0v) is 17.9. The van der Waals surface area contributed by atoms with Crippen LogP contribution in [0.25, 0.3) is 0 Å². The van der Waals surface area contributed by atoms with Gasteiger partial charge in [0.25, 0.3) is 5.69 Å². The average Bonchev–Trinajstić information content (AvgIpc) is 2.72. The Morgan fingerprint density at radius 3 is 2.73 bits per heavy atom. The molecule has 1 heterocycles. The number of nitro groups is 1. The lowest BCUT2D eigenvalue weighted by Crippen LogP contribution is -2.39. The number of carbonyl (C=O) groups excluding carboxylic acids is 1. The molecule has 3 rings (SSSR count). The summed E-state index contributed by atoms with van der Waals surface area (Å²) in [6, 6.07) is 9.88. The molecule has 1 aliphatic heterocycles. The van der Waals surface area contributed by atoms with Crippen LogP contribution in [0.3, 0.4) is 0 Å². The van der Waals surface area contributed by atoms with Crippen LogP contribution in [0, 0.1) is 16.0 Å². The fourth-order valence-electron chi connectivity index (χ4n) is 3.38. The Labute approximate surface area is 180 Å². The standard InChI is InChI=1S/C20H22ClN3O5S/c1-14-4-3-9-23(13-14)30(28,29)17-6-2-5-15(10-17)20(25)12-22-19-8-7-16(24(26)27)11-18(19)21/h2,5-8,10-11,14,22H,3-4,9,12-13H2,1H3. The number of nitro benzene ring substituents is 1. The number of carbonyl (C=O) groups is 1. The molecule has 1 atom stereocenters. The first-order valence-electron chi connectivity index (χ1n) is 9.49. The lowest BCUT2D eigenvalue weighted by molar-refractivity contribution is -0.384. The molecule has 10 heteroatoms. The maximum absolute atomic E-state index is 12.9. The van der Waals surface area contributed by atoms with Crippen LogP contribution in [0.1, 0.15) is 30.1 Å². The van der Waals surface area contributed by atoms with Crippen LogP contribution in [-0.2, 0) is 10.0 Å². The lowest BCUT2D eigenvalue weighted by atomic mass is 10.0. The molecule has 30 heavy (non-hydrogen) atoms. The van der Waals surface area contributed by atoms with Gasteiger partial charge in [0.1, 0.15) is 0 Å². The minimum Gasteiger partial charge on any atom is -0.376 e. The molecule has 0 spiro atoms. The van der Waals surface area contributed by atoms with E-state index in [9.17, 15) is 23.3 Å². The number of anilines is 1. The molecule has 2 aromatic rings. The molecule has 1 fully saturated rings. The van der Waals surface area contributed by atoms with Gasteiger partial charge in [0.15, 0.2) is 5.78 Å². The van der Waals surface area contributed by atoms with Crippen LogP contribution in [-0.4, -0.2) is 43.1 Å². The normalized spacial score (nSPS) is 17.5. The molecule has 8 nitrogen and oxygen atoms in total. The second kappa shape index (κ2) is 9.11. The quantitative estimate of drug-likeness (QED) is 0.387. The van der Waals surface area contributed by atoms with Crippen molar-refractivity contribution >= 4 is 38.8 Å². The van der Waals surface area contributed by atoms with Gasteiger partial charge >= 0.3 is 0 Å². The molecule has 1 unspecified atom stereocenters. The highest BCUT2D eigenvalue weighted by Gasteiger charge is 2.29. The molecular formula is C20H22ClN3O5S. The zero-order chi connectivity index (χ0) is 21.9. The fourth-order valence-corrected chi connectivity index (χ4v) is 5.27. The Bertz CT molecular complexity index is 1070. The van der Waals surface area contributed by atoms with E-state index in [0.717, 1.165) is 12.8 Å². The van der Waals surface area contributed by atoms with E-state index in [1.165, 1.54) is 34.6 Å². The summed E-state index contributed by atoms with van der Waals surface area (Å²) in [6.07, 6.45) is 1.82. The van der Waals surface area contributed by atoms with Crippen LogP contribution >= 0.6 is 11.6 Å². The Balaban J connectivity index is 1.72. The van der Waals surface area contributed by atoms with Gasteiger partial charge in [-0.15, -0.1) is 0 Å². The SMILES string of the molecule is CC1CCCN(S(=O)(=O)c2cccc(C(=O)CNc3ccc([N+](=O)[O-])cc3Cl)c2)C1. The summed E-state index contributed by atoms with van der Waals surface area (Å²) in [5.74, 6) is -0.0255. The predicted octanol–water partition coefficient (Wildman–Crippen LogP) is 3.96. The maximum Gasteiger partial charge on any atom is 0.271 e. The lowest BCUT2D eigenvalue weighted by Gasteiger charge is -2.30. The summed E-state index contributed by atoms with van der Waals surface area (Å²) >= 11 is 6.02. The van der Waals surface area contributed by atoms with Crippen molar-refractivity contribution in [3.63, 3.8) is 0 Å². The molecule has 0 aromatic heterocycles. The van der Waals surface area contributed by atoms with Gasteiger partial charge in [-0.05, 0) is 37.0 Å². The fraction of sp³-hybridized carbons (Fsp3) is 0.350. The summed E-state index contributed by atoms with van der Waals surface area (Å²) in [5.41, 5.74) is 0.482. The Kier molecular flexibility index (Phi) is 6.74. The Morgan fingerprint density at radius 2 is 2.07 bits per heavy atom. The number of hydrogen-bond donors (Lipinski definition) is 1. The molecule has 1 aliphatic rings. The molecule has 2 aromatic carbocycles. The molecule has 0 amide bonds. The third-order valence-electron chi connectivity index (χ3n) is 5.02. The number of benzene rings is 2. The van der Waals surface area contributed by atoms with Crippen LogP contribution in [0.4, 0.5) is 11.4 Å². The van der Waals surface area contributed by atoms with Crippen molar-refractivity contribution in [1.82, 2.24) is 4.31 Å². The summed E-state index contributed by atoms with van der Waals surface area (Å²) in [4.78, 5) is 22.9. The largest absolute Gasteiger partial charge is 0.376 e. The number of rotatable bonds is 7. The number of ketones is 1. The Hall–Kier alpha value is -2.49. The van der Waals surface area contributed by atoms with Crippen molar-refractivity contribution in [2.24, 2.45) is 5.92 Å². The topological polar surface area (TPSA) is 110 Å². The highest BCUT2D eigenvalue weighted by molar-refractivity contribution is 7.89. The summed E-state index contributed by atoms with van der Waals surface area (Å²) in [7, 11) is -3.66. The van der Waals surface area contributed by atoms with Gasteiger partial charge in [-0.2, -0.15) is 4.31 Å². The number of sulfonamides is 1. The van der Waals surface area contributed by atoms with E-state index in [-0.39, 0.29) is 33.5 Å². The van der Waals surface area contributed by atoms with Crippen molar-refractivity contribution in [2.45, 2.75) is 24.7 Å². The number of non-ortho nitro benzene ring substituents is 1. The van der Waals surface area contributed by atoms with Crippen molar-refractivity contribution in [2.75, 3.05) is 25.0 Å². The predicted molar refractivity (Wildman–Crippen MR) is 115 cm³/mol. The van der Waals surface area contributed by atoms with Gasteiger partial charge in [-0.25, -0.2) is 8.42 Å². The first kappa shape index (κ1) is 22.2. The molecule has 1 N–H and O–H groups in total. The summed E-state index contributed by atoms with van der Waals surface area (Å²) in [5, 5.41) is 13.7. The van der Waals surface area contributed by atoms with Crippen molar-refractivity contribution < 1.29 is 18.1 Å². The van der Waals surface area contributed by atoms with Crippen molar-refractivity contribution in [3.05, 3.63) is 63.2 Å². The highest BCUT2D eigenvalue weighted by Crippen LogP contribution is 2.27. The van der Waals surface area contributed by atoms with Gasteiger partial charge in [0.05, 0.1) is 27.1 Å². The second-order valence-corrected chi connectivity index (χ2v) is 9.68. The molecule has 160 valence electrons. The van der Waals surface area contributed by atoms with E-state index in [4.69, 9.17) is 11.6 Å². The van der Waals surface area contributed by atoms with Crippen LogP contribution in [0.2, 0.25) is 5.02 Å². The first-order valence-corrected chi connectivity index (χ1v) is 11.3. The van der Waals surface area contributed by atoms with E-state index >= 15 is 0 Å². The van der Waals surface area contributed by atoms with E-state index in [2.05, 4.69) is 5.32 Å². The van der Waals surface area contributed by atoms with Crippen molar-refractivity contribution in [1.29, 1.82) is 0 Å². The van der Waals surface area contributed by atoms with Gasteiger partial charge in [0, 0.05) is 30.8 Å².